The van der Waals surface area contributed by atoms with Crippen molar-refractivity contribution in [1.29, 1.82) is 0 Å². The molecule has 0 saturated heterocycles. The monoisotopic (exact) mass is 400 g/mol. The fourth-order valence-electron chi connectivity index (χ4n) is 2.43. The molecule has 146 valence electrons. The number of hydrogen-bond acceptors (Lipinski definition) is 8. The highest BCUT2D eigenvalue weighted by atomic mass is 32.1. The van der Waals surface area contributed by atoms with E-state index in [-0.39, 0.29) is 6.04 Å². The molecule has 3 aromatic rings. The van der Waals surface area contributed by atoms with Gasteiger partial charge in [0.25, 0.3) is 0 Å². The summed E-state index contributed by atoms with van der Waals surface area (Å²) in [6.07, 6.45) is 4.19. The number of nitrogens with zero attached hydrogens (tertiary/aromatic N) is 6. The van der Waals surface area contributed by atoms with Gasteiger partial charge < -0.3 is 10.6 Å². The quantitative estimate of drug-likeness (QED) is 0.495. The van der Waals surface area contributed by atoms with Gasteiger partial charge in [-0.2, -0.15) is 4.98 Å². The molecule has 0 bridgehead atoms. The van der Waals surface area contributed by atoms with Crippen molar-refractivity contribution in [2.45, 2.75) is 33.7 Å². The molecule has 0 spiro atoms. The van der Waals surface area contributed by atoms with Gasteiger partial charge in [-0.15, -0.1) is 0 Å². The number of halogens is 1. The summed E-state index contributed by atoms with van der Waals surface area (Å²) in [5.41, 5.74) is 1.79. The molecule has 2 N–H and O–H groups in total. The Bertz CT molecular complexity index is 1040. The van der Waals surface area contributed by atoms with Crippen molar-refractivity contribution in [3.8, 4) is 0 Å². The summed E-state index contributed by atoms with van der Waals surface area (Å²) >= 11 is 1.48. The van der Waals surface area contributed by atoms with Crippen LogP contribution < -0.4 is 10.6 Å². The maximum atomic E-state index is 13.1. The molecule has 0 radical (unpaired) electrons. The molecule has 8 nitrogen and oxygen atoms in total. The van der Waals surface area contributed by atoms with E-state index in [4.69, 9.17) is 0 Å². The predicted octanol–water partition coefficient (Wildman–Crippen LogP) is 3.90. The number of anilines is 2. The van der Waals surface area contributed by atoms with Gasteiger partial charge in [0.1, 0.15) is 17.2 Å². The topological polar surface area (TPSA) is 101 Å². The molecular weight excluding hydrogens is 379 g/mol. The zero-order valence-electron chi connectivity index (χ0n) is 16.3. The number of nitrogens with one attached hydrogen (secondary N) is 2. The Balaban J connectivity index is 1.95. The lowest BCUT2D eigenvalue weighted by Crippen LogP contribution is -2.15. The molecule has 0 aliphatic carbocycles. The van der Waals surface area contributed by atoms with E-state index in [1.165, 1.54) is 11.3 Å². The highest BCUT2D eigenvalue weighted by molar-refractivity contribution is 7.18. The number of aliphatic imine (C=N–C) groups is 1. The van der Waals surface area contributed by atoms with Crippen LogP contribution in [-0.4, -0.2) is 37.8 Å². The third kappa shape index (κ3) is 4.63. The number of allylic oxidation sites excluding steroid dienone is 1. The fourth-order valence-corrected chi connectivity index (χ4v) is 3.22. The number of aromatic nitrogens is 5. The van der Waals surface area contributed by atoms with Gasteiger partial charge in [-0.05, 0) is 33.8 Å². The van der Waals surface area contributed by atoms with Crippen LogP contribution >= 0.6 is 11.3 Å². The van der Waals surface area contributed by atoms with Crippen molar-refractivity contribution in [3.63, 3.8) is 0 Å². The van der Waals surface area contributed by atoms with Gasteiger partial charge in [0.05, 0.1) is 23.4 Å². The van der Waals surface area contributed by atoms with Crippen LogP contribution in [0.2, 0.25) is 0 Å². The SMILES string of the molecule is CN=C(C=C(C)C)Nc1nc(N[C@@H](C)c2ncc(F)cn2)nc2sc(C)nc12. The lowest BCUT2D eigenvalue weighted by molar-refractivity contribution is 0.604. The van der Waals surface area contributed by atoms with Gasteiger partial charge in [-0.3, -0.25) is 4.99 Å². The first kappa shape index (κ1) is 19.7. The van der Waals surface area contributed by atoms with E-state index in [9.17, 15) is 4.39 Å². The molecule has 0 aliphatic rings. The van der Waals surface area contributed by atoms with E-state index in [0.717, 1.165) is 27.8 Å². The molecule has 28 heavy (non-hydrogen) atoms. The highest BCUT2D eigenvalue weighted by Crippen LogP contribution is 2.27. The van der Waals surface area contributed by atoms with Crippen molar-refractivity contribution in [2.24, 2.45) is 4.99 Å². The number of thiazole rings is 1. The number of hydrogen-bond donors (Lipinski definition) is 2. The minimum atomic E-state index is -0.481. The molecule has 0 aliphatic heterocycles. The second-order valence-electron chi connectivity index (χ2n) is 6.36. The van der Waals surface area contributed by atoms with E-state index in [2.05, 4.69) is 40.5 Å². The number of rotatable bonds is 5. The van der Waals surface area contributed by atoms with E-state index in [1.54, 1.807) is 7.05 Å². The summed E-state index contributed by atoms with van der Waals surface area (Å²) in [4.78, 5) is 26.6. The van der Waals surface area contributed by atoms with Crippen molar-refractivity contribution in [1.82, 2.24) is 24.9 Å². The van der Waals surface area contributed by atoms with Crippen molar-refractivity contribution in [3.05, 3.63) is 40.7 Å². The Morgan fingerprint density at radius 2 is 1.93 bits per heavy atom. The van der Waals surface area contributed by atoms with Gasteiger partial charge >= 0.3 is 0 Å². The molecule has 0 fully saturated rings. The first-order valence-corrected chi connectivity index (χ1v) is 9.45. The van der Waals surface area contributed by atoms with Gasteiger partial charge in [-0.25, -0.2) is 24.3 Å². The summed E-state index contributed by atoms with van der Waals surface area (Å²) in [5, 5.41) is 7.27. The Labute approximate surface area is 166 Å². The Hall–Kier alpha value is -3.01. The van der Waals surface area contributed by atoms with Crippen LogP contribution in [0.15, 0.2) is 29.0 Å². The van der Waals surface area contributed by atoms with Crippen molar-refractivity contribution < 1.29 is 4.39 Å². The van der Waals surface area contributed by atoms with Crippen LogP contribution in [0.5, 0.6) is 0 Å². The molecule has 10 heteroatoms. The van der Waals surface area contributed by atoms with Crippen LogP contribution in [0.1, 0.15) is 37.6 Å². The number of amidine groups is 1. The zero-order chi connectivity index (χ0) is 20.3. The van der Waals surface area contributed by atoms with E-state index in [0.29, 0.717) is 28.9 Å². The Kier molecular flexibility index (Phi) is 5.88. The molecule has 3 heterocycles. The smallest absolute Gasteiger partial charge is 0.226 e. The maximum Gasteiger partial charge on any atom is 0.226 e. The molecule has 3 rings (SSSR count). The van der Waals surface area contributed by atoms with E-state index < -0.39 is 5.82 Å². The van der Waals surface area contributed by atoms with Crippen LogP contribution in [0.3, 0.4) is 0 Å². The van der Waals surface area contributed by atoms with E-state index >= 15 is 0 Å². The average Bonchev–Trinajstić information content (AvgIpc) is 3.01. The van der Waals surface area contributed by atoms with Gasteiger partial charge in [0.15, 0.2) is 16.5 Å². The van der Waals surface area contributed by atoms with Gasteiger partial charge in [0.2, 0.25) is 5.95 Å². The first-order chi connectivity index (χ1) is 13.4. The summed E-state index contributed by atoms with van der Waals surface area (Å²) in [5.74, 6) is 1.59. The third-order valence-corrected chi connectivity index (χ3v) is 4.52. The van der Waals surface area contributed by atoms with Gasteiger partial charge in [-0.1, -0.05) is 16.9 Å². The van der Waals surface area contributed by atoms with Crippen molar-refractivity contribution >= 4 is 39.3 Å². The predicted molar refractivity (Wildman–Crippen MR) is 110 cm³/mol. The Morgan fingerprint density at radius 1 is 1.21 bits per heavy atom. The van der Waals surface area contributed by atoms with Crippen LogP contribution in [-0.2, 0) is 0 Å². The van der Waals surface area contributed by atoms with Crippen LogP contribution in [0, 0.1) is 12.7 Å². The minimum absolute atomic E-state index is 0.308. The molecule has 1 atom stereocenters. The van der Waals surface area contributed by atoms with Crippen LogP contribution in [0.25, 0.3) is 10.3 Å². The lowest BCUT2D eigenvalue weighted by atomic mass is 10.3. The second kappa shape index (κ2) is 8.34. The molecule has 0 unspecified atom stereocenters. The third-order valence-electron chi connectivity index (χ3n) is 3.65. The minimum Gasteiger partial charge on any atom is -0.344 e. The zero-order valence-corrected chi connectivity index (χ0v) is 17.1. The standard InChI is InChI=1S/C18H21FN8S/c1-9(2)6-13(20-5)25-16-14-17(28-11(4)24-14)27-18(26-16)23-10(3)15-21-7-12(19)8-22-15/h6-8,10H,1-5H3,(H2,20,23,25,26,27)/t10-/m0/s1. The maximum absolute atomic E-state index is 13.1. The summed E-state index contributed by atoms with van der Waals surface area (Å²) in [7, 11) is 1.71. The molecular formula is C18H21FN8S. The highest BCUT2D eigenvalue weighted by Gasteiger charge is 2.16. The average molecular weight is 400 g/mol. The molecule has 0 saturated carbocycles. The normalized spacial score (nSPS) is 12.7. The van der Waals surface area contributed by atoms with E-state index in [1.807, 2.05) is 33.8 Å². The molecule has 3 aromatic heterocycles. The Morgan fingerprint density at radius 3 is 2.57 bits per heavy atom. The summed E-state index contributed by atoms with van der Waals surface area (Å²) in [6.45, 7) is 7.76. The second-order valence-corrected chi connectivity index (χ2v) is 7.55. The summed E-state index contributed by atoms with van der Waals surface area (Å²) < 4.78 is 13.1. The molecule has 0 amide bonds. The van der Waals surface area contributed by atoms with Crippen molar-refractivity contribution in [2.75, 3.05) is 17.7 Å². The fraction of sp³-hybridized carbons (Fsp3) is 0.333. The van der Waals surface area contributed by atoms with Crippen LogP contribution in [0.4, 0.5) is 16.2 Å². The number of fused-ring (bicyclic) bond motifs is 1. The lowest BCUT2D eigenvalue weighted by Gasteiger charge is -2.14. The molecule has 0 aromatic carbocycles. The largest absolute Gasteiger partial charge is 0.344 e. The number of aryl methyl sites for hydroxylation is 1. The van der Waals surface area contributed by atoms with Gasteiger partial charge in [0, 0.05) is 7.05 Å². The first-order valence-electron chi connectivity index (χ1n) is 8.63. The summed E-state index contributed by atoms with van der Waals surface area (Å²) in [6, 6.07) is -0.308.